The molecule has 0 aromatic rings. The third kappa shape index (κ3) is 16.3. The van der Waals surface area contributed by atoms with E-state index in [2.05, 4.69) is 97.8 Å². The van der Waals surface area contributed by atoms with Crippen molar-refractivity contribution in [3.8, 4) is 0 Å². The van der Waals surface area contributed by atoms with Gasteiger partial charge in [-0.3, -0.25) is 67.3 Å². The molecule has 0 aromatic carbocycles. The molecule has 0 bridgehead atoms. The summed E-state index contributed by atoms with van der Waals surface area (Å²) in [5.41, 5.74) is -4.81. The standard InChI is InChI=1S/C46H75N3O6.C42H68N6O7S/c1-12-17-31(38(53)36(51)24-30-18-15-19-30)25-35(50)34-27-46(44(10,11)45(46)21-16-22-45)28-49(34)41(55)32(42(4,5)6)26-37(52)39(43(7,8)9)47-40(54)33-20-13-14-23-48(33)29(2)3;1-12-26-22-42(26,36(53)46-56(54,55)27-17-18-27)45-33(50)29-23-41(39(10,11)40(41)19-15-20-40)24-48(29)35(52)31(38(7,8)9)44-34(51)30(37(4,5)6)43-32(49)28-16-13-14-21-47(28)25(2)3/h29-34,39H,12-28H2,1-11H3,(H,47,54);12,25-31H,1,13-24H2,2-11H3,(H,43,49)(H,44,51)(H,45,50)(H,46,53)/t31-,32-,33+,34+,39-,46-;26-,28+,29+,30-,31-,41-,42-/m11/s1. The molecule has 7 saturated carbocycles. The summed E-state index contributed by atoms with van der Waals surface area (Å²) in [5, 5.41) is 11.6. The number of amides is 7. The van der Waals surface area contributed by atoms with E-state index in [0.29, 0.717) is 58.0 Å². The average molecular weight is 1570 g/mol. The van der Waals surface area contributed by atoms with Gasteiger partial charge in [-0.2, -0.15) is 0 Å². The Hall–Kier alpha value is -5.42. The van der Waals surface area contributed by atoms with Crippen molar-refractivity contribution in [3.05, 3.63) is 12.7 Å². The second-order valence-electron chi connectivity index (χ2n) is 42.5. The summed E-state index contributed by atoms with van der Waals surface area (Å²) < 4.78 is 27.8. The Labute approximate surface area is 665 Å². The molecule has 0 aromatic heterocycles. The quantitative estimate of drug-likeness (QED) is 0.0359. The van der Waals surface area contributed by atoms with E-state index in [1.807, 2.05) is 90.0 Å². The van der Waals surface area contributed by atoms with Gasteiger partial charge in [0.05, 0.1) is 29.4 Å². The second-order valence-corrected chi connectivity index (χ2v) is 44.4. The van der Waals surface area contributed by atoms with Crippen LogP contribution in [0.2, 0.25) is 0 Å². The number of Topliss-reactive ketones (excluding diaryl/α,β-unsaturated/α-hetero) is 4. The van der Waals surface area contributed by atoms with Gasteiger partial charge in [-0.05, 0) is 193 Å². The number of piperidine rings is 2. The lowest BCUT2D eigenvalue weighted by Gasteiger charge is -2.40. The van der Waals surface area contributed by atoms with Crippen LogP contribution in [0.1, 0.15) is 306 Å². The van der Waals surface area contributed by atoms with Gasteiger partial charge in [0.2, 0.25) is 51.2 Å². The van der Waals surface area contributed by atoms with Gasteiger partial charge in [0.15, 0.2) is 17.3 Å². The number of hydrogen-bond acceptors (Lipinski definition) is 15. The normalized spacial score (nSPS) is 30.0. The predicted octanol–water partition coefficient (Wildman–Crippen LogP) is 11.7. The molecule has 23 heteroatoms. The van der Waals surface area contributed by atoms with Crippen LogP contribution in [0, 0.1) is 77.8 Å². The van der Waals surface area contributed by atoms with E-state index in [1.165, 1.54) is 0 Å². The molecule has 4 aliphatic heterocycles. The van der Waals surface area contributed by atoms with Gasteiger partial charge in [-0.1, -0.05) is 162 Å². The first-order valence-corrected chi connectivity index (χ1v) is 44.5. The van der Waals surface area contributed by atoms with E-state index in [0.717, 1.165) is 103 Å². The molecule has 624 valence electrons. The summed E-state index contributed by atoms with van der Waals surface area (Å²) in [6.07, 6.45) is 19.9. The van der Waals surface area contributed by atoms with Gasteiger partial charge in [0.25, 0.3) is 5.91 Å². The maximum atomic E-state index is 15.2. The summed E-state index contributed by atoms with van der Waals surface area (Å²) in [6.45, 7) is 48.7. The lowest BCUT2D eigenvalue weighted by Crippen LogP contribution is -2.64. The highest BCUT2D eigenvalue weighted by Crippen LogP contribution is 2.89. The van der Waals surface area contributed by atoms with Gasteiger partial charge in [-0.25, -0.2) is 8.42 Å². The zero-order valence-electron chi connectivity index (χ0n) is 71.9. The molecule has 4 saturated heterocycles. The maximum Gasteiger partial charge on any atom is 0.259 e. The predicted molar refractivity (Wildman–Crippen MR) is 430 cm³/mol. The number of likely N-dealkylation sites (tertiary alicyclic amines) is 4. The molecular formula is C88H143N9O13S. The van der Waals surface area contributed by atoms with Gasteiger partial charge in [-0.15, -0.1) is 6.58 Å². The molecule has 11 rings (SSSR count). The molecule has 4 heterocycles. The van der Waals surface area contributed by atoms with Crippen molar-refractivity contribution in [2.24, 2.45) is 77.8 Å². The fourth-order valence-corrected chi connectivity index (χ4v) is 23.9. The summed E-state index contributed by atoms with van der Waals surface area (Å²) in [6, 6.07) is -4.70. The summed E-state index contributed by atoms with van der Waals surface area (Å²) >= 11 is 0. The summed E-state index contributed by atoms with van der Waals surface area (Å²) in [5.74, 6) is -5.34. The van der Waals surface area contributed by atoms with E-state index in [4.69, 9.17) is 0 Å². The summed E-state index contributed by atoms with van der Waals surface area (Å²) in [7, 11) is -3.87. The van der Waals surface area contributed by atoms with Crippen LogP contribution in [0.5, 0.6) is 0 Å². The molecule has 22 nitrogen and oxygen atoms in total. The van der Waals surface area contributed by atoms with Crippen LogP contribution in [0.15, 0.2) is 12.7 Å². The number of nitrogens with one attached hydrogen (secondary N) is 5. The Kier molecular flexibility index (Phi) is 25.0. The first-order valence-electron chi connectivity index (χ1n) is 43.0. The number of nitrogens with zero attached hydrogens (tertiary/aromatic N) is 4. The van der Waals surface area contributed by atoms with E-state index in [9.17, 15) is 51.6 Å². The van der Waals surface area contributed by atoms with Crippen LogP contribution in [-0.4, -0.2) is 184 Å². The minimum absolute atomic E-state index is 0.0186. The van der Waals surface area contributed by atoms with Crippen LogP contribution in [0.25, 0.3) is 0 Å². The average Bonchev–Trinajstić information content (AvgIpc) is 1.46. The highest BCUT2D eigenvalue weighted by molar-refractivity contribution is 7.91. The van der Waals surface area contributed by atoms with Crippen molar-refractivity contribution in [3.63, 3.8) is 0 Å². The van der Waals surface area contributed by atoms with Crippen molar-refractivity contribution in [1.82, 2.24) is 45.6 Å². The maximum absolute atomic E-state index is 15.2. The molecule has 7 aliphatic carbocycles. The number of carbonyl (C=O) groups excluding carboxylic acids is 11. The van der Waals surface area contributed by atoms with Crippen LogP contribution in [-0.2, 0) is 62.8 Å². The van der Waals surface area contributed by atoms with Crippen molar-refractivity contribution >= 4 is 74.5 Å². The Balaban J connectivity index is 0.000000236. The van der Waals surface area contributed by atoms with Crippen molar-refractivity contribution in [1.29, 1.82) is 0 Å². The minimum Gasteiger partial charge on any atom is -0.344 e. The van der Waals surface area contributed by atoms with Crippen LogP contribution >= 0.6 is 0 Å². The molecule has 4 spiro atoms. The van der Waals surface area contributed by atoms with E-state index in [-0.39, 0.29) is 123 Å². The van der Waals surface area contributed by atoms with Gasteiger partial charge >= 0.3 is 0 Å². The van der Waals surface area contributed by atoms with E-state index >= 15 is 9.59 Å². The fraction of sp³-hybridized carbons (Fsp3) is 0.852. The molecular weight excluding hydrogens is 1420 g/mol. The van der Waals surface area contributed by atoms with Crippen LogP contribution < -0.4 is 26.0 Å². The zero-order chi connectivity index (χ0) is 82.5. The fourth-order valence-electron chi connectivity index (χ4n) is 22.5. The third-order valence-electron chi connectivity index (χ3n) is 30.6. The Morgan fingerprint density at radius 1 is 0.523 bits per heavy atom. The Morgan fingerprint density at radius 2 is 1.00 bits per heavy atom. The number of carbonyl (C=O) groups is 11. The van der Waals surface area contributed by atoms with Gasteiger partial charge in [0, 0.05) is 73.0 Å². The molecule has 11 aliphatic rings. The number of sulfonamides is 1. The van der Waals surface area contributed by atoms with Crippen molar-refractivity contribution in [2.75, 3.05) is 26.2 Å². The van der Waals surface area contributed by atoms with Crippen LogP contribution in [0.4, 0.5) is 0 Å². The third-order valence-corrected chi connectivity index (χ3v) is 32.4. The smallest absolute Gasteiger partial charge is 0.259 e. The Morgan fingerprint density at radius 3 is 1.40 bits per heavy atom. The van der Waals surface area contributed by atoms with Gasteiger partial charge in [0.1, 0.15) is 23.7 Å². The lowest BCUT2D eigenvalue weighted by atomic mass is 9.73. The second kappa shape index (κ2) is 31.6. The topological polar surface area (TPSA) is 295 Å². The number of rotatable bonds is 28. The SMILES string of the molecule is C=C[C@@H]1C[C@]1(NC(=O)[C@@H]1C[C@@]2(CN1C(=O)[C@@H](NC(=O)[C@@H](NC(=O)[C@@H]1CCCCN1C(C)C)C(C)(C)C)C(C)(C)C)C(C)(C)C21CCC1)C(=O)NS(=O)(=O)C1CC1.CCC[C@H](CC(=O)[C@@H]1C[C@@]2(CN1C(=O)[C@@H](CC(=O)[C@@H](NC(=O)[C@@H]1CCCCN1C(C)C)C(C)(C)C)C(C)(C)C)C(C)(C)C21CCC1)C(=O)C(=O)CC1CCC1. The first kappa shape index (κ1) is 88.0. The largest absolute Gasteiger partial charge is 0.344 e. The summed E-state index contributed by atoms with van der Waals surface area (Å²) in [4.78, 5) is 164. The Bertz CT molecular complexity index is 3730. The molecule has 111 heavy (non-hydrogen) atoms. The van der Waals surface area contributed by atoms with Crippen LogP contribution in [0.3, 0.4) is 0 Å². The molecule has 11 fully saturated rings. The monoisotopic (exact) mass is 1570 g/mol. The first-order chi connectivity index (χ1) is 51.3. The van der Waals surface area contributed by atoms with Gasteiger partial charge < -0.3 is 31.1 Å². The number of fused-ring (bicyclic) bond motifs is 2. The highest BCUT2D eigenvalue weighted by Gasteiger charge is 2.86. The lowest BCUT2D eigenvalue weighted by molar-refractivity contribution is -0.147. The zero-order valence-corrected chi connectivity index (χ0v) is 72.7. The van der Waals surface area contributed by atoms with Crippen molar-refractivity contribution in [2.45, 2.75) is 371 Å². The molecule has 0 unspecified atom stereocenters. The van der Waals surface area contributed by atoms with Crippen molar-refractivity contribution < 1.29 is 61.2 Å². The number of ketones is 4. The molecule has 7 amide bonds. The van der Waals surface area contributed by atoms with E-state index in [1.54, 1.807) is 15.9 Å². The molecule has 13 atom stereocenters. The molecule has 0 radical (unpaired) electrons. The minimum atomic E-state index is -3.87. The molecule has 5 N–H and O–H groups in total. The van der Waals surface area contributed by atoms with E-state index < -0.39 is 120 Å². The highest BCUT2D eigenvalue weighted by atomic mass is 32.2. The number of hydrogen-bond donors (Lipinski definition) is 5.